The van der Waals surface area contributed by atoms with E-state index in [1.54, 1.807) is 29.6 Å². The molecule has 0 amide bonds. The maximum atomic E-state index is 12.2. The van der Waals surface area contributed by atoms with Crippen molar-refractivity contribution < 1.29 is 8.42 Å². The third-order valence-corrected chi connectivity index (χ3v) is 5.53. The van der Waals surface area contributed by atoms with Crippen LogP contribution in [0.3, 0.4) is 0 Å². The zero-order chi connectivity index (χ0) is 13.9. The largest absolute Gasteiger partial charge is 0.315 e. The van der Waals surface area contributed by atoms with Gasteiger partial charge in [0, 0.05) is 21.3 Å². The van der Waals surface area contributed by atoms with Crippen LogP contribution in [0.5, 0.6) is 0 Å². The molecule has 0 aliphatic rings. The van der Waals surface area contributed by atoms with Gasteiger partial charge in [-0.05, 0) is 41.2 Å². The van der Waals surface area contributed by atoms with Crippen LogP contribution >= 0.6 is 27.3 Å². The summed E-state index contributed by atoms with van der Waals surface area (Å²) in [6.07, 6.45) is 0. The van der Waals surface area contributed by atoms with Gasteiger partial charge >= 0.3 is 0 Å². The summed E-state index contributed by atoms with van der Waals surface area (Å²) in [7, 11) is -1.70. The number of anilines is 1. The molecule has 0 radical (unpaired) electrons. The molecule has 4 nitrogen and oxygen atoms in total. The smallest absolute Gasteiger partial charge is 0.262 e. The van der Waals surface area contributed by atoms with Crippen molar-refractivity contribution in [2.75, 3.05) is 11.8 Å². The number of halogens is 1. The lowest BCUT2D eigenvalue weighted by Gasteiger charge is -2.07. The number of hydrogen-bond acceptors (Lipinski definition) is 4. The molecule has 0 fully saturated rings. The molecule has 7 heteroatoms. The van der Waals surface area contributed by atoms with Crippen molar-refractivity contribution in [2.24, 2.45) is 0 Å². The monoisotopic (exact) mass is 360 g/mol. The minimum atomic E-state index is -3.53. The van der Waals surface area contributed by atoms with E-state index in [4.69, 9.17) is 0 Å². The topological polar surface area (TPSA) is 58.2 Å². The molecule has 0 saturated heterocycles. The Labute approximate surface area is 125 Å². The quantitative estimate of drug-likeness (QED) is 0.861. The summed E-state index contributed by atoms with van der Waals surface area (Å²) in [5.41, 5.74) is 0.531. The fourth-order valence-corrected chi connectivity index (χ4v) is 4.40. The molecule has 0 atom stereocenters. The molecule has 0 aliphatic heterocycles. The first kappa shape index (κ1) is 14.5. The minimum Gasteiger partial charge on any atom is -0.315 e. The van der Waals surface area contributed by atoms with Gasteiger partial charge in [-0.25, -0.2) is 8.42 Å². The number of benzene rings is 1. The average molecular weight is 361 g/mol. The molecule has 1 heterocycles. The summed E-state index contributed by atoms with van der Waals surface area (Å²) in [6.45, 7) is 0.662. The standard InChI is InChI=1S/C12H13BrN2O2S2/c1-14-7-9-6-10(8-18-9)19(16,17)15-12-5-3-2-4-11(12)13/h2-6,8,14-15H,7H2,1H3. The normalized spacial score (nSPS) is 11.5. The van der Waals surface area contributed by atoms with Crippen LogP contribution in [0.1, 0.15) is 4.88 Å². The molecule has 2 rings (SSSR count). The second-order valence-corrected chi connectivity index (χ2v) is 7.40. The maximum Gasteiger partial charge on any atom is 0.262 e. The van der Waals surface area contributed by atoms with Gasteiger partial charge in [-0.1, -0.05) is 12.1 Å². The first-order valence-corrected chi connectivity index (χ1v) is 8.68. The number of sulfonamides is 1. The van der Waals surface area contributed by atoms with Crippen LogP contribution in [-0.4, -0.2) is 15.5 Å². The van der Waals surface area contributed by atoms with Crippen LogP contribution in [-0.2, 0) is 16.6 Å². The van der Waals surface area contributed by atoms with Crippen LogP contribution in [0, 0.1) is 0 Å². The molecular weight excluding hydrogens is 348 g/mol. The van der Waals surface area contributed by atoms with Crippen LogP contribution in [0.2, 0.25) is 0 Å². The van der Waals surface area contributed by atoms with Crippen molar-refractivity contribution in [1.29, 1.82) is 0 Å². The van der Waals surface area contributed by atoms with Gasteiger partial charge in [-0.15, -0.1) is 11.3 Å². The first-order valence-electron chi connectivity index (χ1n) is 5.52. The Morgan fingerprint density at radius 3 is 2.74 bits per heavy atom. The third-order valence-electron chi connectivity index (χ3n) is 2.41. The fourth-order valence-electron chi connectivity index (χ4n) is 1.52. The van der Waals surface area contributed by atoms with E-state index in [2.05, 4.69) is 26.0 Å². The molecule has 0 spiro atoms. The van der Waals surface area contributed by atoms with Crippen LogP contribution < -0.4 is 10.0 Å². The molecule has 2 N–H and O–H groups in total. The van der Waals surface area contributed by atoms with Gasteiger partial charge in [0.1, 0.15) is 0 Å². The Morgan fingerprint density at radius 1 is 1.32 bits per heavy atom. The summed E-state index contributed by atoms with van der Waals surface area (Å²) in [6, 6.07) is 8.79. The average Bonchev–Trinajstić information content (AvgIpc) is 2.82. The Kier molecular flexibility index (Phi) is 4.62. The summed E-state index contributed by atoms with van der Waals surface area (Å²) in [4.78, 5) is 1.27. The number of para-hydroxylation sites is 1. The summed E-state index contributed by atoms with van der Waals surface area (Å²) < 4.78 is 27.7. The number of thiophene rings is 1. The van der Waals surface area contributed by atoms with E-state index in [1.165, 1.54) is 11.3 Å². The van der Waals surface area contributed by atoms with Crippen LogP contribution in [0.4, 0.5) is 5.69 Å². The van der Waals surface area contributed by atoms with E-state index in [-0.39, 0.29) is 0 Å². The second-order valence-electron chi connectivity index (χ2n) is 3.86. The fraction of sp³-hybridized carbons (Fsp3) is 0.167. The van der Waals surface area contributed by atoms with E-state index in [1.807, 2.05) is 13.1 Å². The van der Waals surface area contributed by atoms with Crippen molar-refractivity contribution in [3.63, 3.8) is 0 Å². The minimum absolute atomic E-state index is 0.290. The lowest BCUT2D eigenvalue weighted by atomic mass is 10.3. The summed E-state index contributed by atoms with van der Waals surface area (Å²) >= 11 is 4.74. The molecule has 1 aromatic heterocycles. The molecule has 102 valence electrons. The van der Waals surface area contributed by atoms with E-state index in [9.17, 15) is 8.42 Å². The predicted molar refractivity (Wildman–Crippen MR) is 82.0 cm³/mol. The van der Waals surface area contributed by atoms with Crippen molar-refractivity contribution in [3.8, 4) is 0 Å². The van der Waals surface area contributed by atoms with E-state index >= 15 is 0 Å². The molecule has 2 aromatic rings. The van der Waals surface area contributed by atoms with E-state index < -0.39 is 10.0 Å². The second kappa shape index (κ2) is 6.04. The van der Waals surface area contributed by atoms with Crippen molar-refractivity contribution in [2.45, 2.75) is 11.4 Å². The molecule has 0 unspecified atom stereocenters. The van der Waals surface area contributed by atoms with Gasteiger partial charge < -0.3 is 5.32 Å². The predicted octanol–water partition coefficient (Wildman–Crippen LogP) is 3.03. The van der Waals surface area contributed by atoms with Gasteiger partial charge in [0.2, 0.25) is 0 Å². The lowest BCUT2D eigenvalue weighted by Crippen LogP contribution is -2.12. The molecular formula is C12H13BrN2O2S2. The van der Waals surface area contributed by atoms with Crippen molar-refractivity contribution in [1.82, 2.24) is 5.32 Å². The van der Waals surface area contributed by atoms with Crippen LogP contribution in [0.25, 0.3) is 0 Å². The molecule has 0 aliphatic carbocycles. The summed E-state index contributed by atoms with van der Waals surface area (Å²) in [5.74, 6) is 0. The summed E-state index contributed by atoms with van der Waals surface area (Å²) in [5, 5.41) is 4.64. The van der Waals surface area contributed by atoms with Gasteiger partial charge in [-0.3, -0.25) is 4.72 Å². The molecule has 19 heavy (non-hydrogen) atoms. The highest BCUT2D eigenvalue weighted by atomic mass is 79.9. The first-order chi connectivity index (χ1) is 9.03. The highest BCUT2D eigenvalue weighted by molar-refractivity contribution is 9.10. The van der Waals surface area contributed by atoms with E-state index in [0.717, 1.165) is 4.88 Å². The Bertz CT molecular complexity index is 668. The zero-order valence-electron chi connectivity index (χ0n) is 10.2. The lowest BCUT2D eigenvalue weighted by molar-refractivity contribution is 0.601. The Morgan fingerprint density at radius 2 is 2.05 bits per heavy atom. The number of rotatable bonds is 5. The van der Waals surface area contributed by atoms with Crippen molar-refractivity contribution >= 4 is 43.0 Å². The molecule has 1 aromatic carbocycles. The van der Waals surface area contributed by atoms with E-state index in [0.29, 0.717) is 21.6 Å². The highest BCUT2D eigenvalue weighted by Crippen LogP contribution is 2.26. The van der Waals surface area contributed by atoms with Crippen LogP contribution in [0.15, 0.2) is 45.1 Å². The third kappa shape index (κ3) is 3.56. The number of hydrogen-bond donors (Lipinski definition) is 2. The molecule has 0 saturated carbocycles. The Balaban J connectivity index is 2.25. The van der Waals surface area contributed by atoms with Gasteiger partial charge in [0.05, 0.1) is 10.6 Å². The number of nitrogens with one attached hydrogen (secondary N) is 2. The van der Waals surface area contributed by atoms with Gasteiger partial charge in [-0.2, -0.15) is 0 Å². The van der Waals surface area contributed by atoms with Gasteiger partial charge in [0.15, 0.2) is 0 Å². The zero-order valence-corrected chi connectivity index (χ0v) is 13.4. The van der Waals surface area contributed by atoms with Crippen molar-refractivity contribution in [3.05, 3.63) is 45.1 Å². The van der Waals surface area contributed by atoms with Gasteiger partial charge in [0.25, 0.3) is 10.0 Å². The highest BCUT2D eigenvalue weighted by Gasteiger charge is 2.17. The Hall–Kier alpha value is -0.890. The maximum absolute atomic E-state index is 12.2. The SMILES string of the molecule is CNCc1cc(S(=O)(=O)Nc2ccccc2Br)cs1. The molecule has 0 bridgehead atoms.